The third-order valence-electron chi connectivity index (χ3n) is 4.91. The van der Waals surface area contributed by atoms with Crippen LogP contribution < -0.4 is 14.4 Å². The molecule has 0 N–H and O–H groups in total. The lowest BCUT2D eigenvalue weighted by atomic mass is 10.1. The molecule has 6 nitrogen and oxygen atoms in total. The molecule has 0 aliphatic carbocycles. The molecule has 3 rings (SSSR count). The van der Waals surface area contributed by atoms with Gasteiger partial charge in [-0.25, -0.2) is 0 Å². The SMILES string of the molecule is CCOc1cc(C#N)ccc1OC(=O)C1CC(=O)N(c2cccc(C)c2C)C1. The zero-order valence-corrected chi connectivity index (χ0v) is 16.2. The molecule has 1 saturated heterocycles. The molecule has 0 radical (unpaired) electrons. The van der Waals surface area contributed by atoms with Gasteiger partial charge in [-0.15, -0.1) is 0 Å². The second-order valence-corrected chi connectivity index (χ2v) is 6.75. The van der Waals surface area contributed by atoms with Gasteiger partial charge in [-0.2, -0.15) is 5.26 Å². The van der Waals surface area contributed by atoms with Crippen molar-refractivity contribution in [3.63, 3.8) is 0 Å². The molecule has 0 saturated carbocycles. The van der Waals surface area contributed by atoms with Crippen molar-refractivity contribution in [3.05, 3.63) is 53.1 Å². The normalized spacial score (nSPS) is 16.0. The van der Waals surface area contributed by atoms with Crippen molar-refractivity contribution in [3.8, 4) is 17.6 Å². The van der Waals surface area contributed by atoms with Crippen LogP contribution in [0.1, 0.15) is 30.0 Å². The van der Waals surface area contributed by atoms with Crippen molar-refractivity contribution in [1.29, 1.82) is 5.26 Å². The minimum Gasteiger partial charge on any atom is -0.490 e. The number of anilines is 1. The molecule has 1 aliphatic rings. The fourth-order valence-corrected chi connectivity index (χ4v) is 3.25. The van der Waals surface area contributed by atoms with Crippen LogP contribution in [0.3, 0.4) is 0 Å². The molecular formula is C22H22N2O4. The van der Waals surface area contributed by atoms with E-state index in [2.05, 4.69) is 0 Å². The van der Waals surface area contributed by atoms with Crippen LogP contribution in [-0.4, -0.2) is 25.0 Å². The molecule has 6 heteroatoms. The lowest BCUT2D eigenvalue weighted by Gasteiger charge is -2.20. The van der Waals surface area contributed by atoms with E-state index >= 15 is 0 Å². The first kappa shape index (κ1) is 19.4. The fraction of sp³-hybridized carbons (Fsp3) is 0.318. The van der Waals surface area contributed by atoms with Gasteiger partial charge >= 0.3 is 5.97 Å². The van der Waals surface area contributed by atoms with Crippen molar-refractivity contribution < 1.29 is 19.1 Å². The van der Waals surface area contributed by atoms with Crippen molar-refractivity contribution in [1.82, 2.24) is 0 Å². The Morgan fingerprint density at radius 3 is 2.75 bits per heavy atom. The number of benzene rings is 2. The number of hydrogen-bond acceptors (Lipinski definition) is 5. The third-order valence-corrected chi connectivity index (χ3v) is 4.91. The highest BCUT2D eigenvalue weighted by Crippen LogP contribution is 2.32. The van der Waals surface area contributed by atoms with Gasteiger partial charge in [-0.1, -0.05) is 12.1 Å². The molecule has 1 atom stereocenters. The Kier molecular flexibility index (Phi) is 5.65. The Balaban J connectivity index is 1.77. The summed E-state index contributed by atoms with van der Waals surface area (Å²) in [6.45, 7) is 6.42. The highest BCUT2D eigenvalue weighted by molar-refractivity contribution is 6.00. The molecule has 144 valence electrons. The van der Waals surface area contributed by atoms with Crippen LogP contribution in [0.15, 0.2) is 36.4 Å². The van der Waals surface area contributed by atoms with Crippen molar-refractivity contribution in [2.24, 2.45) is 5.92 Å². The molecule has 1 aliphatic heterocycles. The van der Waals surface area contributed by atoms with Crippen LogP contribution in [0.5, 0.6) is 11.5 Å². The van der Waals surface area contributed by atoms with Crippen LogP contribution >= 0.6 is 0 Å². The topological polar surface area (TPSA) is 79.6 Å². The second kappa shape index (κ2) is 8.13. The Labute approximate surface area is 164 Å². The van der Waals surface area contributed by atoms with Gasteiger partial charge in [-0.3, -0.25) is 9.59 Å². The molecular weight excluding hydrogens is 356 g/mol. The van der Waals surface area contributed by atoms with Gasteiger partial charge in [-0.05, 0) is 50.1 Å². The summed E-state index contributed by atoms with van der Waals surface area (Å²) in [5.41, 5.74) is 3.36. The molecule has 1 heterocycles. The van der Waals surface area contributed by atoms with E-state index in [0.29, 0.717) is 17.9 Å². The summed E-state index contributed by atoms with van der Waals surface area (Å²) in [5.74, 6) is -0.543. The zero-order chi connectivity index (χ0) is 20.3. The Hall–Kier alpha value is -3.33. The first-order valence-corrected chi connectivity index (χ1v) is 9.19. The van der Waals surface area contributed by atoms with Gasteiger partial charge in [0.15, 0.2) is 11.5 Å². The van der Waals surface area contributed by atoms with Crippen molar-refractivity contribution >= 4 is 17.6 Å². The minimum absolute atomic E-state index is 0.0967. The van der Waals surface area contributed by atoms with E-state index in [9.17, 15) is 9.59 Å². The Morgan fingerprint density at radius 2 is 2.04 bits per heavy atom. The summed E-state index contributed by atoms with van der Waals surface area (Å²) in [7, 11) is 0. The van der Waals surface area contributed by atoms with E-state index in [-0.39, 0.29) is 24.6 Å². The molecule has 0 aromatic heterocycles. The number of nitriles is 1. The van der Waals surface area contributed by atoms with E-state index in [0.717, 1.165) is 16.8 Å². The number of ether oxygens (including phenoxy) is 2. The molecule has 0 bridgehead atoms. The van der Waals surface area contributed by atoms with E-state index < -0.39 is 11.9 Å². The maximum atomic E-state index is 12.7. The van der Waals surface area contributed by atoms with Crippen molar-refractivity contribution in [2.75, 3.05) is 18.1 Å². The van der Waals surface area contributed by atoms with Gasteiger partial charge < -0.3 is 14.4 Å². The maximum Gasteiger partial charge on any atom is 0.316 e. The first-order valence-electron chi connectivity index (χ1n) is 9.19. The summed E-state index contributed by atoms with van der Waals surface area (Å²) in [6.07, 6.45) is 0.104. The fourth-order valence-electron chi connectivity index (χ4n) is 3.25. The van der Waals surface area contributed by atoms with Crippen LogP contribution in [0.25, 0.3) is 0 Å². The highest BCUT2D eigenvalue weighted by Gasteiger charge is 2.37. The lowest BCUT2D eigenvalue weighted by molar-refractivity contribution is -0.139. The summed E-state index contributed by atoms with van der Waals surface area (Å²) in [4.78, 5) is 26.8. The van der Waals surface area contributed by atoms with Crippen LogP contribution in [0, 0.1) is 31.1 Å². The van der Waals surface area contributed by atoms with Gasteiger partial charge in [0.25, 0.3) is 0 Å². The monoisotopic (exact) mass is 378 g/mol. The third kappa shape index (κ3) is 3.84. The Morgan fingerprint density at radius 1 is 1.25 bits per heavy atom. The summed E-state index contributed by atoms with van der Waals surface area (Å²) in [5, 5.41) is 9.03. The van der Waals surface area contributed by atoms with Crippen LogP contribution in [0.2, 0.25) is 0 Å². The molecule has 2 aromatic rings. The molecule has 1 unspecified atom stereocenters. The smallest absolute Gasteiger partial charge is 0.316 e. The number of aryl methyl sites for hydroxylation is 1. The van der Waals surface area contributed by atoms with Crippen molar-refractivity contribution in [2.45, 2.75) is 27.2 Å². The summed E-state index contributed by atoms with van der Waals surface area (Å²) >= 11 is 0. The van der Waals surface area contributed by atoms with E-state index in [1.54, 1.807) is 17.0 Å². The van der Waals surface area contributed by atoms with Crippen LogP contribution in [-0.2, 0) is 9.59 Å². The van der Waals surface area contributed by atoms with Crippen LogP contribution in [0.4, 0.5) is 5.69 Å². The minimum atomic E-state index is -0.558. The molecule has 1 fully saturated rings. The van der Waals surface area contributed by atoms with Gasteiger partial charge in [0.2, 0.25) is 5.91 Å². The van der Waals surface area contributed by atoms with Gasteiger partial charge in [0.05, 0.1) is 24.2 Å². The lowest BCUT2D eigenvalue weighted by Crippen LogP contribution is -2.28. The number of carbonyl (C=O) groups excluding carboxylic acids is 2. The standard InChI is InChI=1S/C22H22N2O4/c1-4-27-20-10-16(12-23)8-9-19(20)28-22(26)17-11-21(25)24(13-17)18-7-5-6-14(2)15(18)3/h5-10,17H,4,11,13H2,1-3H3. The molecule has 0 spiro atoms. The number of amides is 1. The average molecular weight is 378 g/mol. The Bertz CT molecular complexity index is 961. The molecule has 2 aromatic carbocycles. The molecule has 1 amide bonds. The largest absolute Gasteiger partial charge is 0.490 e. The zero-order valence-electron chi connectivity index (χ0n) is 16.2. The summed E-state index contributed by atoms with van der Waals surface area (Å²) in [6, 6.07) is 12.5. The number of nitrogens with zero attached hydrogens (tertiary/aromatic N) is 2. The number of rotatable bonds is 5. The van der Waals surface area contributed by atoms with E-state index in [1.807, 2.05) is 45.0 Å². The first-order chi connectivity index (χ1) is 13.4. The maximum absolute atomic E-state index is 12.7. The van der Waals surface area contributed by atoms with E-state index in [4.69, 9.17) is 14.7 Å². The molecule has 28 heavy (non-hydrogen) atoms. The summed E-state index contributed by atoms with van der Waals surface area (Å²) < 4.78 is 11.0. The number of hydrogen-bond donors (Lipinski definition) is 0. The highest BCUT2D eigenvalue weighted by atomic mass is 16.6. The second-order valence-electron chi connectivity index (χ2n) is 6.75. The average Bonchev–Trinajstić information content (AvgIpc) is 3.07. The van der Waals surface area contributed by atoms with E-state index in [1.165, 1.54) is 6.07 Å². The number of carbonyl (C=O) groups is 2. The van der Waals surface area contributed by atoms with Gasteiger partial charge in [0.1, 0.15) is 0 Å². The predicted octanol–water partition coefficient (Wildman–Crippen LogP) is 3.53. The predicted molar refractivity (Wildman–Crippen MR) is 104 cm³/mol. The number of esters is 1. The van der Waals surface area contributed by atoms with Gasteiger partial charge in [0, 0.05) is 24.7 Å². The quantitative estimate of drug-likeness (QED) is 0.587.